The number of alkyl halides is 1. The Kier molecular flexibility index (Phi) is 5.22. The Balaban J connectivity index is 2.23. The van der Waals surface area contributed by atoms with E-state index in [0.717, 1.165) is 14.8 Å². The predicted octanol–water partition coefficient (Wildman–Crippen LogP) is 5.38. The largest absolute Gasteiger partial charge is 0.493 e. The maximum absolute atomic E-state index is 5.99. The van der Waals surface area contributed by atoms with Crippen LogP contribution in [0, 0.1) is 0 Å². The molecule has 6 heteroatoms. The lowest BCUT2D eigenvalue weighted by Crippen LogP contribution is -1.99. The number of rotatable bonds is 5. The Hall–Kier alpha value is -0.610. The first-order chi connectivity index (χ1) is 9.13. The van der Waals surface area contributed by atoms with Crippen molar-refractivity contribution >= 4 is 46.1 Å². The molecule has 1 aromatic heterocycles. The second kappa shape index (κ2) is 6.71. The van der Waals surface area contributed by atoms with Gasteiger partial charge in [-0.05, 0) is 18.2 Å². The normalized spacial score (nSPS) is 10.5. The summed E-state index contributed by atoms with van der Waals surface area (Å²) in [6.07, 6.45) is 0. The summed E-state index contributed by atoms with van der Waals surface area (Å²) in [5.74, 6) is 1.49. The molecule has 0 aliphatic rings. The van der Waals surface area contributed by atoms with E-state index in [1.54, 1.807) is 19.2 Å². The van der Waals surface area contributed by atoms with Gasteiger partial charge < -0.3 is 9.47 Å². The van der Waals surface area contributed by atoms with E-state index >= 15 is 0 Å². The van der Waals surface area contributed by atoms with E-state index in [1.807, 2.05) is 12.1 Å². The molecule has 0 atom stereocenters. The standard InChI is InChI=1S/C13H11Cl3O2S/c1-17-11-5-9(15)4-8(6-14)13(11)18-7-10-2-3-12(16)19-10/h2-5H,6-7H2,1H3. The Morgan fingerprint density at radius 2 is 2.00 bits per heavy atom. The van der Waals surface area contributed by atoms with E-state index in [-0.39, 0.29) is 0 Å². The van der Waals surface area contributed by atoms with Crippen LogP contribution in [0.5, 0.6) is 11.5 Å². The van der Waals surface area contributed by atoms with Gasteiger partial charge in [-0.15, -0.1) is 22.9 Å². The lowest BCUT2D eigenvalue weighted by Gasteiger charge is -2.14. The van der Waals surface area contributed by atoms with Crippen molar-refractivity contribution in [3.05, 3.63) is 44.1 Å². The van der Waals surface area contributed by atoms with Crippen LogP contribution in [0.25, 0.3) is 0 Å². The fourth-order valence-electron chi connectivity index (χ4n) is 1.61. The molecule has 0 aliphatic carbocycles. The molecule has 2 nitrogen and oxygen atoms in total. The minimum absolute atomic E-state index is 0.303. The van der Waals surface area contributed by atoms with Crippen molar-refractivity contribution < 1.29 is 9.47 Å². The van der Waals surface area contributed by atoms with Gasteiger partial charge in [0.1, 0.15) is 6.61 Å². The maximum atomic E-state index is 5.99. The van der Waals surface area contributed by atoms with Gasteiger partial charge in [0.25, 0.3) is 0 Å². The third kappa shape index (κ3) is 3.69. The van der Waals surface area contributed by atoms with Crippen LogP contribution >= 0.6 is 46.1 Å². The highest BCUT2D eigenvalue weighted by atomic mass is 35.5. The summed E-state index contributed by atoms with van der Waals surface area (Å²) in [6.45, 7) is 0.416. The van der Waals surface area contributed by atoms with Crippen molar-refractivity contribution in [2.45, 2.75) is 12.5 Å². The average Bonchev–Trinajstić information content (AvgIpc) is 2.81. The zero-order valence-corrected chi connectivity index (χ0v) is 13.2. The van der Waals surface area contributed by atoms with Crippen molar-refractivity contribution in [2.75, 3.05) is 7.11 Å². The molecule has 1 heterocycles. The van der Waals surface area contributed by atoms with Gasteiger partial charge in [-0.3, -0.25) is 0 Å². The maximum Gasteiger partial charge on any atom is 0.166 e. The van der Waals surface area contributed by atoms with Gasteiger partial charge in [0, 0.05) is 21.5 Å². The first-order valence-electron chi connectivity index (χ1n) is 5.43. The third-order valence-electron chi connectivity index (χ3n) is 2.45. The first-order valence-corrected chi connectivity index (χ1v) is 7.54. The molecule has 2 rings (SSSR count). The van der Waals surface area contributed by atoms with E-state index in [4.69, 9.17) is 44.3 Å². The van der Waals surface area contributed by atoms with Crippen LogP contribution in [0.4, 0.5) is 0 Å². The van der Waals surface area contributed by atoms with Crippen molar-refractivity contribution in [3.8, 4) is 11.5 Å². The van der Waals surface area contributed by atoms with Crippen molar-refractivity contribution in [3.63, 3.8) is 0 Å². The summed E-state index contributed by atoms with van der Waals surface area (Å²) < 4.78 is 11.8. The highest BCUT2D eigenvalue weighted by Crippen LogP contribution is 2.36. The third-order valence-corrected chi connectivity index (χ3v) is 4.16. The van der Waals surface area contributed by atoms with E-state index in [2.05, 4.69) is 0 Å². The topological polar surface area (TPSA) is 18.5 Å². The predicted molar refractivity (Wildman–Crippen MR) is 81.2 cm³/mol. The number of hydrogen-bond donors (Lipinski definition) is 0. The van der Waals surface area contributed by atoms with Gasteiger partial charge in [0.2, 0.25) is 0 Å². The van der Waals surface area contributed by atoms with Crippen LogP contribution in [-0.2, 0) is 12.5 Å². The molecule has 19 heavy (non-hydrogen) atoms. The Bertz CT molecular complexity index is 544. The van der Waals surface area contributed by atoms with Crippen molar-refractivity contribution in [1.29, 1.82) is 0 Å². The SMILES string of the molecule is COc1cc(Cl)cc(CCl)c1OCc1ccc(Cl)s1. The zero-order valence-electron chi connectivity index (χ0n) is 10.1. The number of halogens is 3. The Morgan fingerprint density at radius 3 is 2.58 bits per heavy atom. The summed E-state index contributed by atoms with van der Waals surface area (Å²) in [5, 5.41) is 0.569. The summed E-state index contributed by atoms with van der Waals surface area (Å²) in [6, 6.07) is 7.24. The lowest BCUT2D eigenvalue weighted by atomic mass is 10.2. The molecular formula is C13H11Cl3O2S. The molecule has 0 spiro atoms. The highest BCUT2D eigenvalue weighted by molar-refractivity contribution is 7.16. The van der Waals surface area contributed by atoms with Crippen LogP contribution in [0.1, 0.15) is 10.4 Å². The number of thiophene rings is 1. The van der Waals surface area contributed by atoms with E-state index in [1.165, 1.54) is 11.3 Å². The highest BCUT2D eigenvalue weighted by Gasteiger charge is 2.13. The van der Waals surface area contributed by atoms with Gasteiger partial charge in [-0.2, -0.15) is 0 Å². The van der Waals surface area contributed by atoms with Gasteiger partial charge in [-0.1, -0.05) is 23.2 Å². The quantitative estimate of drug-likeness (QED) is 0.682. The van der Waals surface area contributed by atoms with Gasteiger partial charge in [0.15, 0.2) is 11.5 Å². The van der Waals surface area contributed by atoms with E-state index in [0.29, 0.717) is 29.0 Å². The van der Waals surface area contributed by atoms with E-state index < -0.39 is 0 Å². The molecule has 2 aromatic rings. The van der Waals surface area contributed by atoms with Crippen LogP contribution in [-0.4, -0.2) is 7.11 Å². The second-order valence-electron chi connectivity index (χ2n) is 3.72. The molecule has 0 N–H and O–H groups in total. The molecule has 0 aliphatic heterocycles. The Morgan fingerprint density at radius 1 is 1.21 bits per heavy atom. The fraction of sp³-hybridized carbons (Fsp3) is 0.231. The Labute approximate surface area is 130 Å². The lowest BCUT2D eigenvalue weighted by molar-refractivity contribution is 0.285. The summed E-state index contributed by atoms with van der Waals surface area (Å²) in [4.78, 5) is 1.03. The number of hydrogen-bond acceptors (Lipinski definition) is 3. The molecule has 102 valence electrons. The minimum atomic E-state index is 0.303. The first kappa shape index (κ1) is 14.8. The second-order valence-corrected chi connectivity index (χ2v) is 6.23. The monoisotopic (exact) mass is 336 g/mol. The molecule has 0 saturated carbocycles. The summed E-state index contributed by atoms with van der Waals surface area (Å²) in [7, 11) is 1.57. The molecule has 0 fully saturated rings. The number of methoxy groups -OCH3 is 1. The molecule has 0 unspecified atom stereocenters. The summed E-state index contributed by atoms with van der Waals surface area (Å²) >= 11 is 19.3. The average molecular weight is 338 g/mol. The molecule has 0 saturated heterocycles. The molecular weight excluding hydrogens is 327 g/mol. The van der Waals surface area contributed by atoms with Gasteiger partial charge >= 0.3 is 0 Å². The molecule has 0 amide bonds. The molecule has 0 radical (unpaired) electrons. The van der Waals surface area contributed by atoms with Crippen molar-refractivity contribution in [1.82, 2.24) is 0 Å². The summed E-state index contributed by atoms with van der Waals surface area (Å²) in [5.41, 5.74) is 0.800. The number of benzene rings is 1. The van der Waals surface area contributed by atoms with Crippen LogP contribution < -0.4 is 9.47 Å². The molecule has 1 aromatic carbocycles. The van der Waals surface area contributed by atoms with Gasteiger partial charge in [-0.25, -0.2) is 0 Å². The fourth-order valence-corrected chi connectivity index (χ4v) is 3.04. The van der Waals surface area contributed by atoms with Crippen molar-refractivity contribution in [2.24, 2.45) is 0 Å². The minimum Gasteiger partial charge on any atom is -0.493 e. The van der Waals surface area contributed by atoms with Crippen LogP contribution in [0.3, 0.4) is 0 Å². The van der Waals surface area contributed by atoms with Crippen LogP contribution in [0.15, 0.2) is 24.3 Å². The van der Waals surface area contributed by atoms with Gasteiger partial charge in [0.05, 0.1) is 17.3 Å². The smallest absolute Gasteiger partial charge is 0.166 e. The van der Waals surface area contributed by atoms with E-state index in [9.17, 15) is 0 Å². The molecule has 0 bridgehead atoms. The zero-order chi connectivity index (χ0) is 13.8. The van der Waals surface area contributed by atoms with Crippen LogP contribution in [0.2, 0.25) is 9.36 Å². The number of ether oxygens (including phenoxy) is 2.